The lowest BCUT2D eigenvalue weighted by Crippen LogP contribution is -2.44. The maximum atomic E-state index is 12.5. The highest BCUT2D eigenvalue weighted by Crippen LogP contribution is 2.23. The SMILES string of the molecule is CC(C)c1nnc(C(=O)N2CCC(C(=O)NCCN(C)C)CC2)s1. The molecule has 1 aromatic heterocycles. The van der Waals surface area contributed by atoms with E-state index in [-0.39, 0.29) is 23.7 Å². The number of piperidine rings is 1. The summed E-state index contributed by atoms with van der Waals surface area (Å²) in [4.78, 5) is 28.5. The molecule has 1 fully saturated rings. The van der Waals surface area contributed by atoms with Crippen molar-refractivity contribution in [1.29, 1.82) is 0 Å². The second-order valence-electron chi connectivity index (χ2n) is 6.76. The van der Waals surface area contributed by atoms with Crippen molar-refractivity contribution < 1.29 is 9.59 Å². The van der Waals surface area contributed by atoms with E-state index < -0.39 is 0 Å². The number of likely N-dealkylation sites (tertiary alicyclic amines) is 1. The molecular formula is C16H27N5O2S. The number of hydrogen-bond donors (Lipinski definition) is 1. The van der Waals surface area contributed by atoms with Crippen molar-refractivity contribution in [1.82, 2.24) is 25.3 Å². The maximum absolute atomic E-state index is 12.5. The van der Waals surface area contributed by atoms with Crippen molar-refractivity contribution >= 4 is 23.2 Å². The van der Waals surface area contributed by atoms with E-state index in [2.05, 4.69) is 15.5 Å². The van der Waals surface area contributed by atoms with Gasteiger partial charge in [0, 0.05) is 38.0 Å². The number of nitrogens with zero attached hydrogens (tertiary/aromatic N) is 4. The van der Waals surface area contributed by atoms with Gasteiger partial charge >= 0.3 is 0 Å². The third-order valence-corrected chi connectivity index (χ3v) is 5.34. The average molecular weight is 353 g/mol. The molecule has 1 saturated heterocycles. The molecule has 1 aliphatic rings. The Bertz CT molecular complexity index is 565. The number of hydrogen-bond acceptors (Lipinski definition) is 6. The number of carbonyl (C=O) groups excluding carboxylic acids is 2. The first kappa shape index (κ1) is 18.8. The Morgan fingerprint density at radius 2 is 1.96 bits per heavy atom. The molecule has 1 aliphatic heterocycles. The molecule has 2 amide bonds. The van der Waals surface area contributed by atoms with Crippen LogP contribution in [0.1, 0.15) is 47.4 Å². The molecule has 0 bridgehead atoms. The van der Waals surface area contributed by atoms with E-state index in [1.54, 1.807) is 4.90 Å². The van der Waals surface area contributed by atoms with Gasteiger partial charge in [0.15, 0.2) is 0 Å². The summed E-state index contributed by atoms with van der Waals surface area (Å²) in [7, 11) is 3.96. The van der Waals surface area contributed by atoms with Gasteiger partial charge in [-0.1, -0.05) is 25.2 Å². The predicted octanol–water partition coefficient (Wildman–Crippen LogP) is 1.19. The molecule has 8 heteroatoms. The molecular weight excluding hydrogens is 326 g/mol. The molecule has 1 N–H and O–H groups in total. The minimum Gasteiger partial charge on any atom is -0.355 e. The van der Waals surface area contributed by atoms with E-state index in [0.717, 1.165) is 11.6 Å². The second-order valence-corrected chi connectivity index (χ2v) is 7.77. The van der Waals surface area contributed by atoms with Crippen LogP contribution in [0.15, 0.2) is 0 Å². The van der Waals surface area contributed by atoms with E-state index in [4.69, 9.17) is 0 Å². The van der Waals surface area contributed by atoms with Crippen LogP contribution in [-0.2, 0) is 4.79 Å². The van der Waals surface area contributed by atoms with Crippen molar-refractivity contribution in [2.75, 3.05) is 40.3 Å². The van der Waals surface area contributed by atoms with Gasteiger partial charge in [-0.05, 0) is 26.9 Å². The van der Waals surface area contributed by atoms with Gasteiger partial charge in [-0.2, -0.15) is 0 Å². The lowest BCUT2D eigenvalue weighted by atomic mass is 9.96. The topological polar surface area (TPSA) is 78.4 Å². The number of rotatable bonds is 6. The summed E-state index contributed by atoms with van der Waals surface area (Å²) < 4.78 is 0. The Morgan fingerprint density at radius 3 is 2.50 bits per heavy atom. The summed E-state index contributed by atoms with van der Waals surface area (Å²) >= 11 is 1.37. The van der Waals surface area contributed by atoms with E-state index in [0.29, 0.717) is 37.5 Å². The van der Waals surface area contributed by atoms with Gasteiger partial charge in [-0.25, -0.2) is 0 Å². The molecule has 0 unspecified atom stereocenters. The van der Waals surface area contributed by atoms with Crippen LogP contribution in [-0.4, -0.2) is 72.1 Å². The maximum Gasteiger partial charge on any atom is 0.284 e. The highest BCUT2D eigenvalue weighted by Gasteiger charge is 2.29. The third kappa shape index (κ3) is 4.98. The van der Waals surface area contributed by atoms with Crippen LogP contribution >= 0.6 is 11.3 Å². The van der Waals surface area contributed by atoms with Crippen LogP contribution in [0.3, 0.4) is 0 Å². The molecule has 2 rings (SSSR count). The fourth-order valence-electron chi connectivity index (χ4n) is 2.58. The van der Waals surface area contributed by atoms with Crippen LogP contribution in [0.2, 0.25) is 0 Å². The van der Waals surface area contributed by atoms with Crippen molar-refractivity contribution in [3.05, 3.63) is 10.0 Å². The lowest BCUT2D eigenvalue weighted by Gasteiger charge is -2.30. The van der Waals surface area contributed by atoms with Crippen LogP contribution in [0.5, 0.6) is 0 Å². The van der Waals surface area contributed by atoms with E-state index >= 15 is 0 Å². The van der Waals surface area contributed by atoms with Crippen molar-refractivity contribution in [3.8, 4) is 0 Å². The Balaban J connectivity index is 1.81. The molecule has 0 aliphatic carbocycles. The monoisotopic (exact) mass is 353 g/mol. The zero-order valence-corrected chi connectivity index (χ0v) is 15.7. The molecule has 0 aromatic carbocycles. The number of aromatic nitrogens is 2. The van der Waals surface area contributed by atoms with Gasteiger partial charge in [0.25, 0.3) is 5.91 Å². The molecule has 0 radical (unpaired) electrons. The van der Waals surface area contributed by atoms with Gasteiger partial charge in [-0.15, -0.1) is 10.2 Å². The molecule has 0 atom stereocenters. The van der Waals surface area contributed by atoms with Crippen LogP contribution in [0, 0.1) is 5.92 Å². The fraction of sp³-hybridized carbons (Fsp3) is 0.750. The summed E-state index contributed by atoms with van der Waals surface area (Å²) in [6, 6.07) is 0. The molecule has 0 saturated carbocycles. The predicted molar refractivity (Wildman–Crippen MR) is 94.2 cm³/mol. The van der Waals surface area contributed by atoms with Gasteiger partial charge < -0.3 is 15.1 Å². The highest BCUT2D eigenvalue weighted by molar-refractivity contribution is 7.13. The van der Waals surface area contributed by atoms with E-state index in [9.17, 15) is 9.59 Å². The van der Waals surface area contributed by atoms with Gasteiger partial charge in [-0.3, -0.25) is 9.59 Å². The molecule has 134 valence electrons. The second kappa shape index (κ2) is 8.53. The number of carbonyl (C=O) groups is 2. The van der Waals surface area contributed by atoms with Crippen molar-refractivity contribution in [2.24, 2.45) is 5.92 Å². The molecule has 7 nitrogen and oxygen atoms in total. The zero-order valence-electron chi connectivity index (χ0n) is 14.9. The third-order valence-electron chi connectivity index (χ3n) is 4.13. The quantitative estimate of drug-likeness (QED) is 0.831. The fourth-order valence-corrected chi connectivity index (χ4v) is 3.39. The zero-order chi connectivity index (χ0) is 17.7. The Hall–Kier alpha value is -1.54. The van der Waals surface area contributed by atoms with E-state index in [1.807, 2.05) is 32.8 Å². The normalized spacial score (nSPS) is 16.0. The minimum absolute atomic E-state index is 0.00291. The first-order valence-electron chi connectivity index (χ1n) is 8.43. The first-order chi connectivity index (χ1) is 11.4. The summed E-state index contributed by atoms with van der Waals surface area (Å²) in [5.74, 6) is 0.310. The lowest BCUT2D eigenvalue weighted by molar-refractivity contribution is -0.126. The smallest absolute Gasteiger partial charge is 0.284 e. The van der Waals surface area contributed by atoms with Gasteiger partial charge in [0.05, 0.1) is 0 Å². The summed E-state index contributed by atoms with van der Waals surface area (Å²) in [5, 5.41) is 12.4. The molecule has 1 aromatic rings. The van der Waals surface area contributed by atoms with E-state index in [1.165, 1.54) is 11.3 Å². The largest absolute Gasteiger partial charge is 0.355 e. The Kier molecular flexibility index (Phi) is 6.68. The number of likely N-dealkylation sites (N-methyl/N-ethyl adjacent to an activating group) is 1. The first-order valence-corrected chi connectivity index (χ1v) is 9.25. The minimum atomic E-state index is -0.0640. The van der Waals surface area contributed by atoms with Crippen molar-refractivity contribution in [2.45, 2.75) is 32.6 Å². The number of nitrogens with one attached hydrogen (secondary N) is 1. The molecule has 0 spiro atoms. The number of amides is 2. The Labute approximate surface area is 147 Å². The van der Waals surface area contributed by atoms with Crippen LogP contribution in [0.4, 0.5) is 0 Å². The molecule has 2 heterocycles. The van der Waals surface area contributed by atoms with Gasteiger partial charge in [0.2, 0.25) is 10.9 Å². The van der Waals surface area contributed by atoms with Crippen LogP contribution < -0.4 is 5.32 Å². The Morgan fingerprint density at radius 1 is 1.29 bits per heavy atom. The summed E-state index contributed by atoms with van der Waals surface area (Å²) in [5.41, 5.74) is 0. The van der Waals surface area contributed by atoms with Crippen LogP contribution in [0.25, 0.3) is 0 Å². The standard InChI is InChI=1S/C16H27N5O2S/c1-11(2)14-18-19-15(24-14)16(23)21-8-5-12(6-9-21)13(22)17-7-10-20(3)4/h11-12H,5-10H2,1-4H3,(H,17,22). The van der Waals surface area contributed by atoms with Crippen molar-refractivity contribution in [3.63, 3.8) is 0 Å². The summed E-state index contributed by atoms with van der Waals surface area (Å²) in [6.45, 7) is 6.76. The summed E-state index contributed by atoms with van der Waals surface area (Å²) in [6.07, 6.45) is 1.41. The van der Waals surface area contributed by atoms with Gasteiger partial charge in [0.1, 0.15) is 5.01 Å². The highest BCUT2D eigenvalue weighted by atomic mass is 32.1. The average Bonchev–Trinajstić information content (AvgIpc) is 3.04. The molecule has 24 heavy (non-hydrogen) atoms.